The highest BCUT2D eigenvalue weighted by Gasteiger charge is 2.47. The molecule has 0 aliphatic carbocycles. The van der Waals surface area contributed by atoms with E-state index in [0.29, 0.717) is 19.8 Å². The Morgan fingerprint density at radius 3 is 2.61 bits per heavy atom. The van der Waals surface area contributed by atoms with Crippen LogP contribution in [0.3, 0.4) is 0 Å². The summed E-state index contributed by atoms with van der Waals surface area (Å²) in [6, 6.07) is 9.82. The van der Waals surface area contributed by atoms with E-state index in [4.69, 9.17) is 18.9 Å². The zero-order valence-electron chi connectivity index (χ0n) is 17.6. The molecule has 2 aliphatic heterocycles. The van der Waals surface area contributed by atoms with Crippen LogP contribution in [-0.4, -0.2) is 53.8 Å². The van der Waals surface area contributed by atoms with Crippen LogP contribution in [0.4, 0.5) is 4.79 Å². The number of hydrogen-bond acceptors (Lipinski definition) is 5. The van der Waals surface area contributed by atoms with Gasteiger partial charge in [0.05, 0.1) is 38.0 Å². The molecule has 3 atom stereocenters. The van der Waals surface area contributed by atoms with Gasteiger partial charge in [-0.2, -0.15) is 0 Å². The fourth-order valence-corrected chi connectivity index (χ4v) is 3.80. The van der Waals surface area contributed by atoms with Gasteiger partial charge >= 0.3 is 6.09 Å². The molecule has 0 aromatic heterocycles. The van der Waals surface area contributed by atoms with Crippen molar-refractivity contribution in [2.24, 2.45) is 0 Å². The summed E-state index contributed by atoms with van der Waals surface area (Å²) in [6.07, 6.45) is 1.30. The van der Waals surface area contributed by atoms with E-state index in [1.807, 2.05) is 65.0 Å². The SMILES string of the molecule is CC(C)(C)OC(=O)N1[C@H](COCc2ccccc2)CC[C@@H]2OC(C)(C)OC[C@H]21. The highest BCUT2D eigenvalue weighted by atomic mass is 16.7. The smallest absolute Gasteiger partial charge is 0.411 e. The lowest BCUT2D eigenvalue weighted by atomic mass is 9.92. The van der Waals surface area contributed by atoms with Crippen molar-refractivity contribution in [2.75, 3.05) is 13.2 Å². The predicted molar refractivity (Wildman–Crippen MR) is 106 cm³/mol. The fraction of sp³-hybridized carbons (Fsp3) is 0.682. The monoisotopic (exact) mass is 391 g/mol. The minimum atomic E-state index is -0.628. The van der Waals surface area contributed by atoms with Crippen molar-refractivity contribution in [3.8, 4) is 0 Å². The van der Waals surface area contributed by atoms with Gasteiger partial charge in [-0.25, -0.2) is 4.79 Å². The highest BCUT2D eigenvalue weighted by molar-refractivity contribution is 5.69. The zero-order chi connectivity index (χ0) is 20.4. The Morgan fingerprint density at radius 1 is 1.21 bits per heavy atom. The molecule has 156 valence electrons. The second-order valence-corrected chi connectivity index (χ2v) is 9.05. The highest BCUT2D eigenvalue weighted by Crippen LogP contribution is 2.34. The van der Waals surface area contributed by atoms with Crippen LogP contribution in [0.5, 0.6) is 0 Å². The molecule has 1 aromatic rings. The normalized spacial score (nSPS) is 27.2. The number of benzene rings is 1. The molecule has 0 saturated carbocycles. The topological polar surface area (TPSA) is 57.2 Å². The lowest BCUT2D eigenvalue weighted by Gasteiger charge is -2.51. The van der Waals surface area contributed by atoms with Crippen LogP contribution in [0, 0.1) is 0 Å². The van der Waals surface area contributed by atoms with Crippen LogP contribution in [0.15, 0.2) is 30.3 Å². The molecule has 0 radical (unpaired) electrons. The van der Waals surface area contributed by atoms with Gasteiger partial charge in [0.15, 0.2) is 5.79 Å². The molecule has 2 saturated heterocycles. The van der Waals surface area contributed by atoms with Crippen molar-refractivity contribution >= 4 is 6.09 Å². The molecule has 6 heteroatoms. The Bertz CT molecular complexity index is 655. The van der Waals surface area contributed by atoms with Crippen LogP contribution in [0.25, 0.3) is 0 Å². The van der Waals surface area contributed by atoms with Gasteiger partial charge in [0, 0.05) is 0 Å². The van der Waals surface area contributed by atoms with E-state index >= 15 is 0 Å². The van der Waals surface area contributed by atoms with E-state index in [0.717, 1.165) is 18.4 Å². The molecule has 1 aromatic carbocycles. The number of carbonyl (C=O) groups excluding carboxylic acids is 1. The molecule has 0 spiro atoms. The molecule has 0 bridgehead atoms. The summed E-state index contributed by atoms with van der Waals surface area (Å²) in [5.41, 5.74) is 0.556. The van der Waals surface area contributed by atoms with E-state index < -0.39 is 11.4 Å². The average molecular weight is 392 g/mol. The van der Waals surface area contributed by atoms with E-state index in [1.165, 1.54) is 0 Å². The second kappa shape index (κ2) is 8.39. The Labute approximate surface area is 168 Å². The molecular formula is C22H33NO5. The predicted octanol–water partition coefficient (Wildman–Crippen LogP) is 4.12. The first-order valence-corrected chi connectivity index (χ1v) is 10.1. The van der Waals surface area contributed by atoms with Crippen LogP contribution in [0.1, 0.15) is 53.0 Å². The number of rotatable bonds is 4. The summed E-state index contributed by atoms with van der Waals surface area (Å²) < 4.78 is 23.6. The third-order valence-electron chi connectivity index (χ3n) is 5.03. The first kappa shape index (κ1) is 21.1. The van der Waals surface area contributed by atoms with E-state index in [9.17, 15) is 4.79 Å². The quantitative estimate of drug-likeness (QED) is 0.773. The summed E-state index contributed by atoms with van der Waals surface area (Å²) in [5.74, 6) is -0.628. The number of nitrogens with zero attached hydrogens (tertiary/aromatic N) is 1. The number of ether oxygens (including phenoxy) is 4. The lowest BCUT2D eigenvalue weighted by molar-refractivity contribution is -0.302. The van der Waals surface area contributed by atoms with Crippen molar-refractivity contribution in [1.29, 1.82) is 0 Å². The maximum absolute atomic E-state index is 13.0. The second-order valence-electron chi connectivity index (χ2n) is 9.05. The number of fused-ring (bicyclic) bond motifs is 1. The van der Waals surface area contributed by atoms with Crippen molar-refractivity contribution in [2.45, 2.75) is 83.6 Å². The summed E-state index contributed by atoms with van der Waals surface area (Å²) in [5, 5.41) is 0. The minimum Gasteiger partial charge on any atom is -0.444 e. The van der Waals surface area contributed by atoms with Crippen molar-refractivity contribution < 1.29 is 23.7 Å². The van der Waals surface area contributed by atoms with Gasteiger partial charge < -0.3 is 18.9 Å². The first-order chi connectivity index (χ1) is 13.1. The minimum absolute atomic E-state index is 0.0540. The van der Waals surface area contributed by atoms with E-state index in [1.54, 1.807) is 4.90 Å². The average Bonchev–Trinajstić information content (AvgIpc) is 2.60. The van der Waals surface area contributed by atoms with Crippen molar-refractivity contribution in [1.82, 2.24) is 4.90 Å². The number of piperidine rings is 1. The molecule has 3 rings (SSSR count). The Balaban J connectivity index is 1.69. The lowest BCUT2D eigenvalue weighted by Crippen LogP contribution is -2.64. The number of likely N-dealkylation sites (tertiary alicyclic amines) is 1. The van der Waals surface area contributed by atoms with Gasteiger partial charge in [-0.3, -0.25) is 4.90 Å². The molecule has 2 fully saturated rings. The standard InChI is InChI=1S/C22H33NO5/c1-21(2,3)28-20(24)23-17(14-25-13-16-9-7-6-8-10-16)11-12-19-18(23)15-26-22(4,5)27-19/h6-10,17-19H,11-15H2,1-5H3/t17-,18+,19-/m0/s1. The molecule has 2 aliphatic rings. The Kier molecular flexibility index (Phi) is 6.32. The Morgan fingerprint density at radius 2 is 1.93 bits per heavy atom. The van der Waals surface area contributed by atoms with Crippen molar-refractivity contribution in [3.05, 3.63) is 35.9 Å². The number of hydrogen-bond donors (Lipinski definition) is 0. The van der Waals surface area contributed by atoms with Crippen LogP contribution < -0.4 is 0 Å². The molecule has 28 heavy (non-hydrogen) atoms. The third-order valence-corrected chi connectivity index (χ3v) is 5.03. The van der Waals surface area contributed by atoms with Gasteiger partial charge in [-0.05, 0) is 53.0 Å². The Hall–Kier alpha value is -1.63. The van der Waals surface area contributed by atoms with Gasteiger partial charge in [0.25, 0.3) is 0 Å². The van der Waals surface area contributed by atoms with Crippen LogP contribution in [-0.2, 0) is 25.6 Å². The zero-order valence-corrected chi connectivity index (χ0v) is 17.6. The van der Waals surface area contributed by atoms with Crippen molar-refractivity contribution in [3.63, 3.8) is 0 Å². The van der Waals surface area contributed by atoms with E-state index in [2.05, 4.69) is 0 Å². The summed E-state index contributed by atoms with van der Waals surface area (Å²) in [4.78, 5) is 14.8. The van der Waals surface area contributed by atoms with Crippen LogP contribution in [0.2, 0.25) is 0 Å². The van der Waals surface area contributed by atoms with Crippen LogP contribution >= 0.6 is 0 Å². The van der Waals surface area contributed by atoms with Gasteiger partial charge in [0.2, 0.25) is 0 Å². The number of carbonyl (C=O) groups is 1. The largest absolute Gasteiger partial charge is 0.444 e. The van der Waals surface area contributed by atoms with E-state index in [-0.39, 0.29) is 24.3 Å². The molecule has 2 heterocycles. The third kappa shape index (κ3) is 5.46. The first-order valence-electron chi connectivity index (χ1n) is 10.1. The van der Waals surface area contributed by atoms with Gasteiger partial charge in [-0.15, -0.1) is 0 Å². The number of amides is 1. The molecule has 0 N–H and O–H groups in total. The summed E-state index contributed by atoms with van der Waals surface area (Å²) >= 11 is 0. The molecule has 6 nitrogen and oxygen atoms in total. The fourth-order valence-electron chi connectivity index (χ4n) is 3.80. The maximum atomic E-state index is 13.0. The summed E-state index contributed by atoms with van der Waals surface area (Å²) in [6.45, 7) is 10.9. The molecule has 1 amide bonds. The van der Waals surface area contributed by atoms with Gasteiger partial charge in [0.1, 0.15) is 5.60 Å². The molecule has 0 unspecified atom stereocenters. The van der Waals surface area contributed by atoms with Gasteiger partial charge in [-0.1, -0.05) is 30.3 Å². The maximum Gasteiger partial charge on any atom is 0.411 e. The summed E-state index contributed by atoms with van der Waals surface area (Å²) in [7, 11) is 0. The molecular weight excluding hydrogens is 358 g/mol.